The van der Waals surface area contributed by atoms with E-state index < -0.39 is 5.41 Å². The van der Waals surface area contributed by atoms with Crippen LogP contribution in [0.5, 0.6) is 0 Å². The van der Waals surface area contributed by atoms with Crippen LogP contribution in [0.2, 0.25) is 0 Å². The van der Waals surface area contributed by atoms with E-state index in [1.165, 1.54) is 11.1 Å². The molecule has 22 heavy (non-hydrogen) atoms. The Morgan fingerprint density at radius 1 is 1.27 bits per heavy atom. The molecule has 1 aromatic rings. The highest BCUT2D eigenvalue weighted by Crippen LogP contribution is 2.43. The summed E-state index contributed by atoms with van der Waals surface area (Å²) in [5.74, 6) is 0.603. The molecule has 0 amide bonds. The third-order valence-corrected chi connectivity index (χ3v) is 5.56. The van der Waals surface area contributed by atoms with E-state index in [0.717, 1.165) is 12.8 Å². The van der Waals surface area contributed by atoms with Gasteiger partial charge in [-0.1, -0.05) is 69.3 Å². The monoisotopic (exact) mass is 296 g/mol. The summed E-state index contributed by atoms with van der Waals surface area (Å²) in [6.45, 7) is 10.6. The Kier molecular flexibility index (Phi) is 4.75. The number of rotatable bonds is 5. The van der Waals surface area contributed by atoms with Gasteiger partial charge in [0.1, 0.15) is 5.78 Å². The maximum Gasteiger partial charge on any atom is 0.149 e. The van der Waals surface area contributed by atoms with E-state index in [-0.39, 0.29) is 11.3 Å². The number of carbonyl (C=O) groups is 1. The quantitative estimate of drug-likeness (QED) is 0.721. The molecule has 1 nitrogen and oxygen atoms in total. The first-order valence-corrected chi connectivity index (χ1v) is 8.29. The van der Waals surface area contributed by atoms with Crippen molar-refractivity contribution in [1.82, 2.24) is 0 Å². The van der Waals surface area contributed by atoms with Gasteiger partial charge < -0.3 is 0 Å². The summed E-state index contributed by atoms with van der Waals surface area (Å²) in [6.07, 6.45) is 9.97. The second-order valence-corrected chi connectivity index (χ2v) is 7.16. The fourth-order valence-corrected chi connectivity index (χ4v) is 3.37. The summed E-state index contributed by atoms with van der Waals surface area (Å²) < 4.78 is 0. The van der Waals surface area contributed by atoms with Gasteiger partial charge in [-0.05, 0) is 43.7 Å². The first-order chi connectivity index (χ1) is 10.3. The molecule has 1 heteroatoms. The summed E-state index contributed by atoms with van der Waals surface area (Å²) in [6, 6.07) is 8.40. The number of ketones is 1. The highest BCUT2D eigenvalue weighted by Gasteiger charge is 2.45. The zero-order chi connectivity index (χ0) is 16.4. The SMILES string of the molecule is CCC(C)(Cc1ccccc1C)C(=O)C1(C)C=CC=CC1C. The van der Waals surface area contributed by atoms with Crippen molar-refractivity contribution in [2.75, 3.05) is 0 Å². The molecule has 0 radical (unpaired) electrons. The number of carbonyl (C=O) groups excluding carboxylic acids is 1. The standard InChI is InChI=1S/C21H28O/c1-6-20(4,15-18-13-8-7-11-16(18)2)19(22)21(5)14-10-9-12-17(21)3/h7-14,17H,6,15H2,1-5H3. The molecule has 3 atom stereocenters. The van der Waals surface area contributed by atoms with E-state index in [9.17, 15) is 4.79 Å². The van der Waals surface area contributed by atoms with Crippen molar-refractivity contribution in [1.29, 1.82) is 0 Å². The van der Waals surface area contributed by atoms with Crippen LogP contribution in [0.1, 0.15) is 45.2 Å². The van der Waals surface area contributed by atoms with Crippen LogP contribution < -0.4 is 0 Å². The van der Waals surface area contributed by atoms with Crippen LogP contribution in [-0.4, -0.2) is 5.78 Å². The van der Waals surface area contributed by atoms with Gasteiger partial charge in [-0.25, -0.2) is 0 Å². The fraction of sp³-hybridized carbons (Fsp3) is 0.476. The van der Waals surface area contributed by atoms with Crippen LogP contribution in [-0.2, 0) is 11.2 Å². The van der Waals surface area contributed by atoms with E-state index in [0.29, 0.717) is 5.78 Å². The van der Waals surface area contributed by atoms with E-state index >= 15 is 0 Å². The van der Waals surface area contributed by atoms with Gasteiger partial charge >= 0.3 is 0 Å². The van der Waals surface area contributed by atoms with Gasteiger partial charge in [0.2, 0.25) is 0 Å². The van der Waals surface area contributed by atoms with Crippen molar-refractivity contribution in [2.24, 2.45) is 16.7 Å². The second-order valence-electron chi connectivity index (χ2n) is 7.16. The lowest BCUT2D eigenvalue weighted by Crippen LogP contribution is -2.44. The largest absolute Gasteiger partial charge is 0.298 e. The summed E-state index contributed by atoms with van der Waals surface area (Å²) in [4.78, 5) is 13.4. The average molecular weight is 296 g/mol. The highest BCUT2D eigenvalue weighted by molar-refractivity contribution is 5.92. The minimum absolute atomic E-state index is 0.243. The maximum atomic E-state index is 13.4. The molecule has 2 rings (SSSR count). The van der Waals surface area contributed by atoms with Gasteiger partial charge in [0.05, 0.1) is 5.41 Å². The number of hydrogen-bond acceptors (Lipinski definition) is 1. The van der Waals surface area contributed by atoms with Crippen molar-refractivity contribution >= 4 is 5.78 Å². The predicted octanol–water partition coefficient (Wildman–Crippen LogP) is 5.29. The zero-order valence-electron chi connectivity index (χ0n) is 14.5. The fourth-order valence-electron chi connectivity index (χ4n) is 3.37. The molecule has 0 aliphatic heterocycles. The Bertz CT molecular complexity index is 610. The molecule has 0 fully saturated rings. The van der Waals surface area contributed by atoms with Crippen LogP contribution in [0.25, 0.3) is 0 Å². The molecule has 1 aliphatic carbocycles. The van der Waals surface area contributed by atoms with Gasteiger partial charge in [-0.15, -0.1) is 0 Å². The molecule has 0 heterocycles. The molecule has 0 saturated heterocycles. The molecule has 1 aromatic carbocycles. The summed E-state index contributed by atoms with van der Waals surface area (Å²) in [5.41, 5.74) is 1.83. The molecule has 0 N–H and O–H groups in total. The van der Waals surface area contributed by atoms with Gasteiger partial charge in [0.15, 0.2) is 0 Å². The number of benzene rings is 1. The number of allylic oxidation sites excluding steroid dienone is 4. The molecule has 3 unspecified atom stereocenters. The summed E-state index contributed by atoms with van der Waals surface area (Å²) in [7, 11) is 0. The van der Waals surface area contributed by atoms with E-state index in [1.807, 2.05) is 12.2 Å². The third-order valence-electron chi connectivity index (χ3n) is 5.56. The Balaban J connectivity index is 2.34. The van der Waals surface area contributed by atoms with Gasteiger partial charge in [-0.2, -0.15) is 0 Å². The first kappa shape index (κ1) is 16.7. The first-order valence-electron chi connectivity index (χ1n) is 8.29. The highest BCUT2D eigenvalue weighted by atomic mass is 16.1. The Morgan fingerprint density at radius 3 is 2.55 bits per heavy atom. The molecule has 118 valence electrons. The Hall–Kier alpha value is -1.63. The topological polar surface area (TPSA) is 17.1 Å². The third kappa shape index (κ3) is 2.95. The molecule has 0 saturated carbocycles. The lowest BCUT2D eigenvalue weighted by Gasteiger charge is -2.40. The van der Waals surface area contributed by atoms with E-state index in [4.69, 9.17) is 0 Å². The van der Waals surface area contributed by atoms with Crippen LogP contribution >= 0.6 is 0 Å². The lowest BCUT2D eigenvalue weighted by molar-refractivity contribution is -0.137. The minimum Gasteiger partial charge on any atom is -0.298 e. The molecule has 0 spiro atoms. The smallest absolute Gasteiger partial charge is 0.149 e. The van der Waals surface area contributed by atoms with Gasteiger partial charge in [0, 0.05) is 5.41 Å². The zero-order valence-corrected chi connectivity index (χ0v) is 14.5. The van der Waals surface area contributed by atoms with E-state index in [2.05, 4.69) is 71.0 Å². The molecule has 0 aromatic heterocycles. The average Bonchev–Trinajstić information content (AvgIpc) is 2.51. The number of aryl methyl sites for hydroxylation is 1. The van der Waals surface area contributed by atoms with Gasteiger partial charge in [0.25, 0.3) is 0 Å². The van der Waals surface area contributed by atoms with Crippen molar-refractivity contribution in [2.45, 2.75) is 47.5 Å². The number of Topliss-reactive ketones (excluding diaryl/α,β-unsaturated/α-hetero) is 1. The lowest BCUT2D eigenvalue weighted by atomic mass is 9.62. The molecular weight excluding hydrogens is 268 g/mol. The summed E-state index contributed by atoms with van der Waals surface area (Å²) in [5, 5.41) is 0. The minimum atomic E-state index is -0.401. The van der Waals surface area contributed by atoms with Crippen LogP contribution in [0, 0.1) is 23.7 Å². The molecular formula is C21H28O. The predicted molar refractivity (Wildman–Crippen MR) is 93.8 cm³/mol. The Labute approximate surface area is 135 Å². The van der Waals surface area contributed by atoms with Crippen molar-refractivity contribution in [3.05, 3.63) is 59.7 Å². The molecule has 0 bridgehead atoms. The van der Waals surface area contributed by atoms with E-state index in [1.54, 1.807) is 0 Å². The van der Waals surface area contributed by atoms with Crippen LogP contribution in [0.4, 0.5) is 0 Å². The second kappa shape index (κ2) is 6.24. The van der Waals surface area contributed by atoms with Crippen molar-refractivity contribution in [3.8, 4) is 0 Å². The van der Waals surface area contributed by atoms with Crippen LogP contribution in [0.3, 0.4) is 0 Å². The van der Waals surface area contributed by atoms with Gasteiger partial charge in [-0.3, -0.25) is 4.79 Å². The summed E-state index contributed by atoms with van der Waals surface area (Å²) >= 11 is 0. The van der Waals surface area contributed by atoms with Crippen molar-refractivity contribution < 1.29 is 4.79 Å². The Morgan fingerprint density at radius 2 is 1.95 bits per heavy atom. The molecule has 1 aliphatic rings. The van der Waals surface area contributed by atoms with Crippen molar-refractivity contribution in [3.63, 3.8) is 0 Å². The normalized spacial score (nSPS) is 26.7. The number of hydrogen-bond donors (Lipinski definition) is 0. The van der Waals surface area contributed by atoms with Crippen LogP contribution in [0.15, 0.2) is 48.6 Å². The maximum absolute atomic E-state index is 13.4.